The number of ether oxygens (including phenoxy) is 1. The molecule has 2 aromatic rings. The van der Waals surface area contributed by atoms with Crippen molar-refractivity contribution >= 4 is 5.91 Å². The number of nitrogens with zero attached hydrogens (tertiary/aromatic N) is 2. The molecule has 1 amide bonds. The van der Waals surface area contributed by atoms with Crippen LogP contribution in [0.3, 0.4) is 0 Å². The van der Waals surface area contributed by atoms with Gasteiger partial charge >= 0.3 is 11.9 Å². The lowest BCUT2D eigenvalue weighted by molar-refractivity contribution is -0.140. The smallest absolute Gasteiger partial charge is 0.421 e. The van der Waals surface area contributed by atoms with Crippen LogP contribution in [-0.4, -0.2) is 45.0 Å². The van der Waals surface area contributed by atoms with Crippen LogP contribution in [-0.2, 0) is 6.18 Å². The summed E-state index contributed by atoms with van der Waals surface area (Å²) in [4.78, 5) is 43.4. The maximum Gasteiger partial charge on any atom is 0.421 e. The number of carbonyl (C=O) groups excluding carboxylic acids is 1. The van der Waals surface area contributed by atoms with Crippen molar-refractivity contribution in [2.75, 3.05) is 13.1 Å². The van der Waals surface area contributed by atoms with E-state index in [1.54, 1.807) is 0 Å². The minimum absolute atomic E-state index is 0.00152. The molecule has 2 N–H and O–H groups in total. The van der Waals surface area contributed by atoms with Crippen LogP contribution in [0.2, 0.25) is 0 Å². The van der Waals surface area contributed by atoms with Crippen LogP contribution in [0.15, 0.2) is 34.0 Å². The molecule has 8 nitrogen and oxygen atoms in total. The Morgan fingerprint density at radius 3 is 2.64 bits per heavy atom. The maximum absolute atomic E-state index is 12.9. The van der Waals surface area contributed by atoms with Crippen molar-refractivity contribution in [3.05, 3.63) is 56.5 Å². The summed E-state index contributed by atoms with van der Waals surface area (Å²) in [7, 11) is 0. The molecule has 3 heterocycles. The van der Waals surface area contributed by atoms with Crippen LogP contribution < -0.4 is 16.0 Å². The molecule has 2 aromatic heterocycles. The van der Waals surface area contributed by atoms with Crippen LogP contribution in [0.25, 0.3) is 0 Å². The molecule has 0 radical (unpaired) electrons. The number of rotatable bonds is 3. The summed E-state index contributed by atoms with van der Waals surface area (Å²) in [6.45, 7) is 0.00304. The standard InChI is InChI=1S/C14H11F3N4O4/c15-14(16,17)8-2-1-3-18-11(8)25-7-5-21(6-7)12(23)9-4-10(22)20-13(24)19-9/h1-4,7H,5-6H2,(H2,19,20,22,24). The Morgan fingerprint density at radius 1 is 1.28 bits per heavy atom. The van der Waals surface area contributed by atoms with E-state index in [0.29, 0.717) is 0 Å². The first kappa shape index (κ1) is 16.7. The maximum atomic E-state index is 12.9. The number of aromatic nitrogens is 3. The van der Waals surface area contributed by atoms with Crippen LogP contribution in [0.1, 0.15) is 16.1 Å². The van der Waals surface area contributed by atoms with Crippen molar-refractivity contribution in [2.24, 2.45) is 0 Å². The third kappa shape index (κ3) is 3.54. The van der Waals surface area contributed by atoms with Crippen LogP contribution in [0.4, 0.5) is 13.2 Å². The first-order chi connectivity index (χ1) is 11.7. The third-order valence-electron chi connectivity index (χ3n) is 3.48. The Balaban J connectivity index is 1.67. The van der Waals surface area contributed by atoms with Crippen molar-refractivity contribution in [1.82, 2.24) is 19.9 Å². The number of likely N-dealkylation sites (tertiary alicyclic amines) is 1. The number of nitrogens with one attached hydrogen (secondary N) is 2. The van der Waals surface area contributed by atoms with Gasteiger partial charge < -0.3 is 14.6 Å². The van der Waals surface area contributed by atoms with Crippen LogP contribution in [0.5, 0.6) is 5.88 Å². The summed E-state index contributed by atoms with van der Waals surface area (Å²) in [5.41, 5.74) is -2.77. The second-order valence-electron chi connectivity index (χ2n) is 5.31. The number of H-pyrrole nitrogens is 2. The molecule has 1 saturated heterocycles. The van der Waals surface area contributed by atoms with E-state index in [-0.39, 0.29) is 18.8 Å². The molecule has 0 saturated carbocycles. The second kappa shape index (κ2) is 6.07. The lowest BCUT2D eigenvalue weighted by Crippen LogP contribution is -2.56. The van der Waals surface area contributed by atoms with Gasteiger partial charge in [0.1, 0.15) is 17.4 Å². The molecule has 1 aliphatic heterocycles. The Morgan fingerprint density at radius 2 is 2.00 bits per heavy atom. The predicted molar refractivity (Wildman–Crippen MR) is 77.2 cm³/mol. The number of hydrogen-bond donors (Lipinski definition) is 2. The minimum atomic E-state index is -4.60. The van der Waals surface area contributed by atoms with Crippen molar-refractivity contribution in [3.8, 4) is 5.88 Å². The first-order valence-electron chi connectivity index (χ1n) is 7.06. The van der Waals surface area contributed by atoms with Crippen molar-refractivity contribution < 1.29 is 22.7 Å². The molecule has 25 heavy (non-hydrogen) atoms. The number of halogens is 3. The Labute approximate surface area is 137 Å². The van der Waals surface area contributed by atoms with Crippen molar-refractivity contribution in [3.63, 3.8) is 0 Å². The quantitative estimate of drug-likeness (QED) is 0.827. The van der Waals surface area contributed by atoms with Gasteiger partial charge in [0.05, 0.1) is 13.1 Å². The van der Waals surface area contributed by atoms with Crippen LogP contribution in [0, 0.1) is 0 Å². The van der Waals surface area contributed by atoms with Gasteiger partial charge in [-0.2, -0.15) is 13.2 Å². The van der Waals surface area contributed by atoms with Gasteiger partial charge in [0, 0.05) is 12.3 Å². The zero-order valence-corrected chi connectivity index (χ0v) is 12.5. The summed E-state index contributed by atoms with van der Waals surface area (Å²) in [5.74, 6) is -1.18. The summed E-state index contributed by atoms with van der Waals surface area (Å²) < 4.78 is 43.8. The molecular weight excluding hydrogens is 345 g/mol. The van der Waals surface area contributed by atoms with Crippen LogP contribution >= 0.6 is 0 Å². The molecule has 0 spiro atoms. The summed E-state index contributed by atoms with van der Waals surface area (Å²) >= 11 is 0. The first-order valence-corrected chi connectivity index (χ1v) is 7.06. The van der Waals surface area contributed by atoms with E-state index in [9.17, 15) is 27.6 Å². The Kier molecular flexibility index (Phi) is 4.07. The molecule has 0 bridgehead atoms. The molecular formula is C14H11F3N4O4. The van der Waals surface area contributed by atoms with E-state index in [2.05, 4.69) is 9.97 Å². The SMILES string of the molecule is O=C(c1cc(=O)[nH]c(=O)[nH]1)N1CC(Oc2ncccc2C(F)(F)F)C1. The number of aromatic amines is 2. The van der Waals surface area contributed by atoms with Crippen molar-refractivity contribution in [2.45, 2.75) is 12.3 Å². The zero-order valence-electron chi connectivity index (χ0n) is 12.5. The van der Waals surface area contributed by atoms with E-state index in [0.717, 1.165) is 18.2 Å². The molecule has 1 fully saturated rings. The number of carbonyl (C=O) groups is 1. The monoisotopic (exact) mass is 356 g/mol. The minimum Gasteiger partial charge on any atom is -0.470 e. The fraction of sp³-hybridized carbons (Fsp3) is 0.286. The number of alkyl halides is 3. The molecule has 0 unspecified atom stereocenters. The van der Waals surface area contributed by atoms with E-state index < -0.39 is 40.9 Å². The lowest BCUT2D eigenvalue weighted by Gasteiger charge is -2.38. The summed E-state index contributed by atoms with van der Waals surface area (Å²) in [6, 6.07) is 2.93. The van der Waals surface area contributed by atoms with E-state index in [1.165, 1.54) is 11.1 Å². The molecule has 0 atom stereocenters. The molecule has 3 rings (SSSR count). The topological polar surface area (TPSA) is 108 Å². The predicted octanol–water partition coefficient (Wildman–Crippen LogP) is 0.380. The van der Waals surface area contributed by atoms with E-state index in [1.807, 2.05) is 4.98 Å². The van der Waals surface area contributed by atoms with E-state index >= 15 is 0 Å². The average Bonchev–Trinajstić information content (AvgIpc) is 2.48. The summed E-state index contributed by atoms with van der Waals surface area (Å²) in [6.07, 6.45) is -4.10. The number of pyridine rings is 1. The highest BCUT2D eigenvalue weighted by atomic mass is 19.4. The van der Waals surface area contributed by atoms with Crippen molar-refractivity contribution in [1.29, 1.82) is 0 Å². The Hall–Kier alpha value is -3.11. The zero-order chi connectivity index (χ0) is 18.2. The fourth-order valence-corrected chi connectivity index (χ4v) is 2.29. The Bertz CT molecular complexity index is 887. The average molecular weight is 356 g/mol. The van der Waals surface area contributed by atoms with Gasteiger partial charge in [-0.25, -0.2) is 9.78 Å². The fourth-order valence-electron chi connectivity index (χ4n) is 2.29. The largest absolute Gasteiger partial charge is 0.470 e. The molecule has 11 heteroatoms. The number of hydrogen-bond acceptors (Lipinski definition) is 5. The normalized spacial score (nSPS) is 14.9. The lowest BCUT2D eigenvalue weighted by atomic mass is 10.1. The van der Waals surface area contributed by atoms with E-state index in [4.69, 9.17) is 4.74 Å². The highest BCUT2D eigenvalue weighted by molar-refractivity contribution is 5.92. The van der Waals surface area contributed by atoms with Gasteiger partial charge in [-0.1, -0.05) is 0 Å². The molecule has 1 aliphatic rings. The van der Waals surface area contributed by atoms with Gasteiger partial charge in [0.15, 0.2) is 0 Å². The highest BCUT2D eigenvalue weighted by Gasteiger charge is 2.38. The van der Waals surface area contributed by atoms with Gasteiger partial charge in [-0.05, 0) is 12.1 Å². The second-order valence-corrected chi connectivity index (χ2v) is 5.31. The van der Waals surface area contributed by atoms with Gasteiger partial charge in [0.25, 0.3) is 11.5 Å². The number of amides is 1. The molecule has 0 aliphatic carbocycles. The van der Waals surface area contributed by atoms with Gasteiger partial charge in [-0.15, -0.1) is 0 Å². The molecule has 0 aromatic carbocycles. The van der Waals surface area contributed by atoms with Gasteiger partial charge in [-0.3, -0.25) is 14.6 Å². The van der Waals surface area contributed by atoms with Gasteiger partial charge in [0.2, 0.25) is 5.88 Å². The highest BCUT2D eigenvalue weighted by Crippen LogP contribution is 2.35. The summed E-state index contributed by atoms with van der Waals surface area (Å²) in [5, 5.41) is 0. The molecule has 132 valence electrons. The third-order valence-corrected chi connectivity index (χ3v) is 3.48.